The summed E-state index contributed by atoms with van der Waals surface area (Å²) in [5.41, 5.74) is 5.33. The summed E-state index contributed by atoms with van der Waals surface area (Å²) in [5.74, 6) is -0.983. The summed E-state index contributed by atoms with van der Waals surface area (Å²) >= 11 is 5.65. The Morgan fingerprint density at radius 3 is 2.54 bits per heavy atom. The lowest BCUT2D eigenvalue weighted by Gasteiger charge is -2.30. The molecule has 1 aromatic rings. The number of carbonyl (C=O) groups is 1. The third-order valence-corrected chi connectivity index (χ3v) is 5.98. The van der Waals surface area contributed by atoms with E-state index in [-0.39, 0.29) is 47.2 Å². The summed E-state index contributed by atoms with van der Waals surface area (Å²) in [5, 5.41) is 2.48. The lowest BCUT2D eigenvalue weighted by Crippen LogP contribution is -2.43. The van der Waals surface area contributed by atoms with Gasteiger partial charge < -0.3 is 11.1 Å². The van der Waals surface area contributed by atoms with Gasteiger partial charge in [0.15, 0.2) is 0 Å². The van der Waals surface area contributed by atoms with Gasteiger partial charge in [-0.15, -0.1) is 12.4 Å². The number of sulfonamides is 1. The summed E-state index contributed by atoms with van der Waals surface area (Å²) in [7, 11) is -3.74. The van der Waals surface area contributed by atoms with E-state index in [0.717, 1.165) is 12.1 Å². The number of rotatable bonds is 5. The first kappa shape index (κ1) is 21.1. The maximum atomic E-state index is 13.2. The van der Waals surface area contributed by atoms with Crippen LogP contribution in [0.15, 0.2) is 23.1 Å². The van der Waals surface area contributed by atoms with Crippen LogP contribution in [-0.4, -0.2) is 44.8 Å². The van der Waals surface area contributed by atoms with Crippen LogP contribution in [0.4, 0.5) is 4.39 Å². The molecule has 2 rings (SSSR count). The molecule has 1 saturated heterocycles. The molecule has 10 heteroatoms. The molecule has 0 aromatic heterocycles. The third-order valence-electron chi connectivity index (χ3n) is 3.80. The predicted molar refractivity (Wildman–Crippen MR) is 92.2 cm³/mol. The lowest BCUT2D eigenvalue weighted by atomic mass is 9.97. The Morgan fingerprint density at radius 1 is 1.38 bits per heavy atom. The summed E-state index contributed by atoms with van der Waals surface area (Å²) in [6, 6.07) is 3.32. The standard InChI is InChI=1S/C14H19ClFN3O3S.ClH/c15-12-9-11(1-2-13(12)16)23(21,22)19-7-3-10(4-8-19)14(20)18-6-5-17;/h1-2,9-10H,3-8,17H2,(H,18,20);1H. The van der Waals surface area contributed by atoms with E-state index in [0.29, 0.717) is 25.9 Å². The fourth-order valence-electron chi connectivity index (χ4n) is 2.48. The average molecular weight is 400 g/mol. The van der Waals surface area contributed by atoms with Crippen LogP contribution in [-0.2, 0) is 14.8 Å². The molecule has 1 fully saturated rings. The van der Waals surface area contributed by atoms with Gasteiger partial charge in [-0.2, -0.15) is 4.31 Å². The average Bonchev–Trinajstić information content (AvgIpc) is 2.55. The minimum atomic E-state index is -3.74. The number of amides is 1. The summed E-state index contributed by atoms with van der Waals surface area (Å²) in [4.78, 5) is 11.8. The van der Waals surface area contributed by atoms with Gasteiger partial charge in [0.1, 0.15) is 5.82 Å². The molecule has 1 heterocycles. The quantitative estimate of drug-likeness (QED) is 0.781. The van der Waals surface area contributed by atoms with E-state index in [4.69, 9.17) is 17.3 Å². The van der Waals surface area contributed by atoms with Crippen molar-refractivity contribution in [2.75, 3.05) is 26.2 Å². The second kappa shape index (κ2) is 8.96. The Morgan fingerprint density at radius 2 is 2.00 bits per heavy atom. The number of carbonyl (C=O) groups excluding carboxylic acids is 1. The molecule has 136 valence electrons. The minimum Gasteiger partial charge on any atom is -0.355 e. The molecular weight excluding hydrogens is 380 g/mol. The van der Waals surface area contributed by atoms with Gasteiger partial charge in [0.2, 0.25) is 15.9 Å². The van der Waals surface area contributed by atoms with Crippen LogP contribution in [0.5, 0.6) is 0 Å². The smallest absolute Gasteiger partial charge is 0.243 e. The highest BCUT2D eigenvalue weighted by Crippen LogP contribution is 2.26. The fourth-order valence-corrected chi connectivity index (χ4v) is 4.23. The zero-order chi connectivity index (χ0) is 17.0. The van der Waals surface area contributed by atoms with Gasteiger partial charge in [0.05, 0.1) is 9.92 Å². The monoisotopic (exact) mass is 399 g/mol. The number of hydrogen-bond donors (Lipinski definition) is 2. The molecule has 0 bridgehead atoms. The van der Waals surface area contributed by atoms with Gasteiger partial charge in [0, 0.05) is 32.1 Å². The maximum absolute atomic E-state index is 13.2. The molecule has 1 aromatic carbocycles. The normalized spacial score (nSPS) is 16.5. The number of nitrogens with two attached hydrogens (primary N) is 1. The highest BCUT2D eigenvalue weighted by atomic mass is 35.5. The Kier molecular flexibility index (Phi) is 7.88. The van der Waals surface area contributed by atoms with E-state index in [1.54, 1.807) is 0 Å². The highest BCUT2D eigenvalue weighted by molar-refractivity contribution is 7.89. The van der Waals surface area contributed by atoms with E-state index in [9.17, 15) is 17.6 Å². The Balaban J connectivity index is 0.00000288. The van der Waals surface area contributed by atoms with E-state index >= 15 is 0 Å². The predicted octanol–water partition coefficient (Wildman–Crippen LogP) is 1.38. The number of piperidine rings is 1. The first-order valence-electron chi connectivity index (χ1n) is 7.29. The van der Waals surface area contributed by atoms with Crippen molar-refractivity contribution in [1.29, 1.82) is 0 Å². The van der Waals surface area contributed by atoms with Crippen LogP contribution in [0.25, 0.3) is 0 Å². The molecule has 0 unspecified atom stereocenters. The number of nitrogens with zero attached hydrogens (tertiary/aromatic N) is 1. The summed E-state index contributed by atoms with van der Waals surface area (Å²) in [6.07, 6.45) is 0.870. The van der Waals surface area contributed by atoms with Gasteiger partial charge in [0.25, 0.3) is 0 Å². The molecule has 1 amide bonds. The molecule has 24 heavy (non-hydrogen) atoms. The van der Waals surface area contributed by atoms with Crippen molar-refractivity contribution in [3.63, 3.8) is 0 Å². The van der Waals surface area contributed by atoms with Crippen LogP contribution >= 0.6 is 24.0 Å². The molecule has 0 saturated carbocycles. The van der Waals surface area contributed by atoms with Crippen LogP contribution in [0, 0.1) is 11.7 Å². The fraction of sp³-hybridized carbons (Fsp3) is 0.500. The Bertz CT molecular complexity index is 680. The number of benzene rings is 1. The molecule has 0 atom stereocenters. The van der Waals surface area contributed by atoms with Gasteiger partial charge in [-0.3, -0.25) is 4.79 Å². The summed E-state index contributed by atoms with van der Waals surface area (Å²) in [6.45, 7) is 1.24. The molecule has 1 aliphatic rings. The van der Waals surface area contributed by atoms with E-state index in [1.807, 2.05) is 0 Å². The summed E-state index contributed by atoms with van der Waals surface area (Å²) < 4.78 is 39.5. The molecule has 6 nitrogen and oxygen atoms in total. The SMILES string of the molecule is Cl.NCCNC(=O)C1CCN(S(=O)(=O)c2ccc(F)c(Cl)c2)CC1. The number of hydrogen-bond acceptors (Lipinski definition) is 4. The van der Waals surface area contributed by atoms with Gasteiger partial charge in [-0.1, -0.05) is 11.6 Å². The van der Waals surface area contributed by atoms with Crippen molar-refractivity contribution in [3.8, 4) is 0 Å². The van der Waals surface area contributed by atoms with E-state index in [2.05, 4.69) is 5.32 Å². The van der Waals surface area contributed by atoms with Crippen LogP contribution in [0.3, 0.4) is 0 Å². The minimum absolute atomic E-state index is 0. The van der Waals surface area contributed by atoms with Crippen molar-refractivity contribution in [2.45, 2.75) is 17.7 Å². The Hall–Kier alpha value is -0.930. The molecule has 0 radical (unpaired) electrons. The number of nitrogens with one attached hydrogen (secondary N) is 1. The molecule has 1 aliphatic heterocycles. The third kappa shape index (κ3) is 4.80. The second-order valence-electron chi connectivity index (χ2n) is 5.33. The van der Waals surface area contributed by atoms with Crippen molar-refractivity contribution in [1.82, 2.24) is 9.62 Å². The lowest BCUT2D eigenvalue weighted by molar-refractivity contribution is -0.126. The Labute approximate surface area is 152 Å². The van der Waals surface area contributed by atoms with Gasteiger partial charge in [-0.05, 0) is 31.0 Å². The van der Waals surface area contributed by atoms with Crippen LogP contribution < -0.4 is 11.1 Å². The molecular formula is C14H20Cl2FN3O3S. The van der Waals surface area contributed by atoms with Crippen molar-refractivity contribution < 1.29 is 17.6 Å². The highest BCUT2D eigenvalue weighted by Gasteiger charge is 2.32. The van der Waals surface area contributed by atoms with Crippen LogP contribution in [0.2, 0.25) is 5.02 Å². The van der Waals surface area contributed by atoms with E-state index in [1.165, 1.54) is 10.4 Å². The molecule has 3 N–H and O–H groups in total. The molecule has 0 aliphatic carbocycles. The zero-order valence-electron chi connectivity index (χ0n) is 12.9. The zero-order valence-corrected chi connectivity index (χ0v) is 15.3. The van der Waals surface area contributed by atoms with Crippen molar-refractivity contribution in [3.05, 3.63) is 29.0 Å². The van der Waals surface area contributed by atoms with E-state index < -0.39 is 15.8 Å². The molecule has 0 spiro atoms. The van der Waals surface area contributed by atoms with Crippen molar-refractivity contribution >= 4 is 39.9 Å². The first-order chi connectivity index (χ1) is 10.9. The first-order valence-corrected chi connectivity index (χ1v) is 9.11. The topological polar surface area (TPSA) is 92.5 Å². The maximum Gasteiger partial charge on any atom is 0.243 e. The van der Waals surface area contributed by atoms with Gasteiger partial charge in [-0.25, -0.2) is 12.8 Å². The van der Waals surface area contributed by atoms with Gasteiger partial charge >= 0.3 is 0 Å². The van der Waals surface area contributed by atoms with Crippen molar-refractivity contribution in [2.24, 2.45) is 11.7 Å². The largest absolute Gasteiger partial charge is 0.355 e. The number of halogens is 3. The van der Waals surface area contributed by atoms with Crippen LogP contribution in [0.1, 0.15) is 12.8 Å². The second-order valence-corrected chi connectivity index (χ2v) is 7.68.